The van der Waals surface area contributed by atoms with Gasteiger partial charge >= 0.3 is 0 Å². The average Bonchev–Trinajstić information content (AvgIpc) is 3.59. The summed E-state index contributed by atoms with van der Waals surface area (Å²) in [6.45, 7) is 4.75. The van der Waals surface area contributed by atoms with Crippen LogP contribution >= 0.6 is 0 Å². The van der Waals surface area contributed by atoms with Crippen molar-refractivity contribution in [3.8, 4) is 78.4 Å². The highest BCUT2D eigenvalue weighted by Gasteiger charge is 2.37. The average molecular weight is 803 g/mol. The molecule has 1 aromatic heterocycles. The van der Waals surface area contributed by atoms with Crippen molar-refractivity contribution in [1.29, 1.82) is 0 Å². The van der Waals surface area contributed by atoms with Crippen LogP contribution < -0.4 is 0 Å². The maximum Gasteiger partial charge on any atom is 0.160 e. The van der Waals surface area contributed by atoms with Crippen LogP contribution in [0.25, 0.3) is 111 Å². The van der Waals surface area contributed by atoms with Crippen LogP contribution in [0.4, 0.5) is 0 Å². The topological polar surface area (TPSA) is 25.8 Å². The maximum absolute atomic E-state index is 5.30. The summed E-state index contributed by atoms with van der Waals surface area (Å²) in [5, 5.41) is 7.44. The fraction of sp³-hybridized carbons (Fsp3) is 0.0492. The van der Waals surface area contributed by atoms with Gasteiger partial charge in [-0.05, 0) is 100 Å². The van der Waals surface area contributed by atoms with E-state index in [-0.39, 0.29) is 5.41 Å². The molecule has 0 amide bonds. The maximum atomic E-state index is 5.30. The molecule has 12 rings (SSSR count). The van der Waals surface area contributed by atoms with E-state index < -0.39 is 0 Å². The van der Waals surface area contributed by atoms with Gasteiger partial charge in [0.25, 0.3) is 0 Å². The molecule has 0 saturated heterocycles. The van der Waals surface area contributed by atoms with Crippen LogP contribution in [0.15, 0.2) is 218 Å². The minimum Gasteiger partial charge on any atom is -0.228 e. The van der Waals surface area contributed by atoms with E-state index in [2.05, 4.69) is 226 Å². The largest absolute Gasteiger partial charge is 0.228 e. The smallest absolute Gasteiger partial charge is 0.160 e. The number of aromatic nitrogens is 2. The van der Waals surface area contributed by atoms with Crippen molar-refractivity contribution in [2.24, 2.45) is 0 Å². The van der Waals surface area contributed by atoms with E-state index >= 15 is 0 Å². The monoisotopic (exact) mass is 802 g/mol. The Morgan fingerprint density at radius 1 is 0.302 bits per heavy atom. The van der Waals surface area contributed by atoms with Crippen LogP contribution in [-0.2, 0) is 5.41 Å². The predicted octanol–water partition coefficient (Wildman–Crippen LogP) is 16.2. The minimum atomic E-state index is -0.0910. The lowest BCUT2D eigenvalue weighted by atomic mass is 9.80. The van der Waals surface area contributed by atoms with Gasteiger partial charge in [0.1, 0.15) is 0 Å². The molecular formula is C61H42N2. The zero-order chi connectivity index (χ0) is 42.1. The first-order chi connectivity index (χ1) is 31.0. The van der Waals surface area contributed by atoms with Crippen molar-refractivity contribution in [2.45, 2.75) is 19.3 Å². The van der Waals surface area contributed by atoms with Gasteiger partial charge in [-0.1, -0.05) is 220 Å². The summed E-state index contributed by atoms with van der Waals surface area (Å²) in [5.74, 6) is 0.702. The summed E-state index contributed by atoms with van der Waals surface area (Å²) in [6, 6.07) is 79.0. The summed E-state index contributed by atoms with van der Waals surface area (Å²) < 4.78 is 0. The number of nitrogens with zero attached hydrogens (tertiary/aromatic N) is 2. The molecule has 0 aliphatic heterocycles. The molecule has 1 aliphatic rings. The Bertz CT molecular complexity index is 3580. The van der Waals surface area contributed by atoms with Crippen LogP contribution in [0.2, 0.25) is 0 Å². The zero-order valence-corrected chi connectivity index (χ0v) is 35.2. The van der Waals surface area contributed by atoms with Gasteiger partial charge in [0.15, 0.2) is 5.82 Å². The summed E-state index contributed by atoms with van der Waals surface area (Å²) in [4.78, 5) is 10.5. The van der Waals surface area contributed by atoms with E-state index in [0.29, 0.717) is 5.82 Å². The highest BCUT2D eigenvalue weighted by Crippen LogP contribution is 2.53. The number of benzene rings is 10. The van der Waals surface area contributed by atoms with E-state index in [1.807, 2.05) is 6.07 Å². The van der Waals surface area contributed by atoms with Crippen LogP contribution in [0.1, 0.15) is 25.0 Å². The molecule has 63 heavy (non-hydrogen) atoms. The fourth-order valence-corrected chi connectivity index (χ4v) is 10.3. The van der Waals surface area contributed by atoms with Gasteiger partial charge < -0.3 is 0 Å². The first kappa shape index (κ1) is 36.9. The Balaban J connectivity index is 1.00. The van der Waals surface area contributed by atoms with Crippen LogP contribution in [0.3, 0.4) is 0 Å². The van der Waals surface area contributed by atoms with Crippen LogP contribution in [0.5, 0.6) is 0 Å². The second-order valence-electron chi connectivity index (χ2n) is 17.2. The number of hydrogen-bond acceptors (Lipinski definition) is 2. The number of hydrogen-bond donors (Lipinski definition) is 0. The minimum absolute atomic E-state index is 0.0910. The highest BCUT2D eigenvalue weighted by atomic mass is 14.9. The molecule has 0 saturated carbocycles. The molecule has 0 N–H and O–H groups in total. The fourth-order valence-electron chi connectivity index (χ4n) is 10.3. The first-order valence-corrected chi connectivity index (χ1v) is 21.8. The Labute approximate surface area is 367 Å². The van der Waals surface area contributed by atoms with Crippen molar-refractivity contribution < 1.29 is 0 Å². The molecular weight excluding hydrogens is 761 g/mol. The molecule has 0 fully saturated rings. The van der Waals surface area contributed by atoms with Crippen molar-refractivity contribution in [3.63, 3.8) is 0 Å². The van der Waals surface area contributed by atoms with Gasteiger partial charge in [-0.15, -0.1) is 0 Å². The molecule has 2 heteroatoms. The van der Waals surface area contributed by atoms with Gasteiger partial charge in [-0.3, -0.25) is 0 Å². The lowest BCUT2D eigenvalue weighted by Gasteiger charge is -2.23. The lowest BCUT2D eigenvalue weighted by Crippen LogP contribution is -2.15. The summed E-state index contributed by atoms with van der Waals surface area (Å²) >= 11 is 0. The Morgan fingerprint density at radius 2 is 0.794 bits per heavy atom. The second kappa shape index (κ2) is 14.6. The van der Waals surface area contributed by atoms with E-state index in [9.17, 15) is 0 Å². The SMILES string of the molecule is CC1(C)c2ccc(-c3ccc(-c4ccc(-c5cc(-c6ccccc6-c6ccccc6)nc(-c6ccccc6)n5)c5ccccc45)c4ccccc34)cc2-c2ccc3ccccc3c21. The lowest BCUT2D eigenvalue weighted by molar-refractivity contribution is 0.666. The van der Waals surface area contributed by atoms with Gasteiger partial charge in [0, 0.05) is 22.1 Å². The molecule has 10 aromatic carbocycles. The number of rotatable bonds is 6. The van der Waals surface area contributed by atoms with Crippen molar-refractivity contribution in [3.05, 3.63) is 230 Å². The van der Waals surface area contributed by atoms with Gasteiger partial charge in [0.05, 0.1) is 11.4 Å². The third-order valence-electron chi connectivity index (χ3n) is 13.3. The summed E-state index contributed by atoms with van der Waals surface area (Å²) in [7, 11) is 0. The third-order valence-corrected chi connectivity index (χ3v) is 13.3. The first-order valence-electron chi connectivity index (χ1n) is 21.8. The van der Waals surface area contributed by atoms with E-state index in [1.165, 1.54) is 71.4 Å². The van der Waals surface area contributed by atoms with Crippen LogP contribution in [0, 0.1) is 0 Å². The molecule has 0 bridgehead atoms. The molecule has 0 radical (unpaired) electrons. The molecule has 0 unspecified atom stereocenters. The normalized spacial score (nSPS) is 12.7. The standard InChI is InChI=1S/C61H42N2/c1-61(2)56-36-30-42(37-55(56)54-31-29-40-19-9-10-23-45(40)59(54)61)44-32-33-50(47-25-13-12-24-46(44)47)51-34-35-53(49-27-15-14-26-48(49)51)58-38-57(62-60(63-58)41-20-7-4-8-21-41)52-28-16-11-22-43(52)39-17-5-3-6-18-39/h3-38H,1-2H3. The molecule has 296 valence electrons. The van der Waals surface area contributed by atoms with E-state index in [1.54, 1.807) is 0 Å². The quantitative estimate of drug-likeness (QED) is 0.167. The molecule has 2 nitrogen and oxygen atoms in total. The summed E-state index contributed by atoms with van der Waals surface area (Å²) in [5.41, 5.74) is 17.5. The highest BCUT2D eigenvalue weighted by molar-refractivity contribution is 6.12. The third kappa shape index (κ3) is 6.02. The summed E-state index contributed by atoms with van der Waals surface area (Å²) in [6.07, 6.45) is 0. The Kier molecular flexibility index (Phi) is 8.55. The molecule has 1 aliphatic carbocycles. The molecule has 0 spiro atoms. The predicted molar refractivity (Wildman–Crippen MR) is 265 cm³/mol. The number of fused-ring (bicyclic) bond motifs is 7. The van der Waals surface area contributed by atoms with E-state index in [4.69, 9.17) is 9.97 Å². The van der Waals surface area contributed by atoms with Crippen molar-refractivity contribution >= 4 is 32.3 Å². The molecule has 0 atom stereocenters. The van der Waals surface area contributed by atoms with E-state index in [0.717, 1.165) is 44.6 Å². The van der Waals surface area contributed by atoms with Gasteiger partial charge in [0.2, 0.25) is 0 Å². The molecule has 1 heterocycles. The van der Waals surface area contributed by atoms with Crippen LogP contribution in [-0.4, -0.2) is 9.97 Å². The van der Waals surface area contributed by atoms with Gasteiger partial charge in [-0.2, -0.15) is 0 Å². The molecule has 11 aromatic rings. The Hall–Kier alpha value is -7.94. The van der Waals surface area contributed by atoms with Crippen molar-refractivity contribution in [2.75, 3.05) is 0 Å². The Morgan fingerprint density at radius 3 is 1.48 bits per heavy atom. The van der Waals surface area contributed by atoms with Crippen molar-refractivity contribution in [1.82, 2.24) is 9.97 Å². The second-order valence-corrected chi connectivity index (χ2v) is 17.2. The van der Waals surface area contributed by atoms with Gasteiger partial charge in [-0.25, -0.2) is 9.97 Å². The zero-order valence-electron chi connectivity index (χ0n) is 35.2.